The Bertz CT molecular complexity index is 984. The first-order valence-corrected chi connectivity index (χ1v) is 14.1. The molecule has 1 nitrogen and oxygen atoms in total. The zero-order valence-corrected chi connectivity index (χ0v) is 21.8. The second kappa shape index (κ2) is 12.6. The Labute approximate surface area is 217 Å². The summed E-state index contributed by atoms with van der Waals surface area (Å²) in [5, 5.41) is 0. The van der Waals surface area contributed by atoms with E-state index in [4.69, 9.17) is 4.74 Å². The van der Waals surface area contributed by atoms with Crippen LogP contribution >= 0.6 is 0 Å². The monoisotopic (exact) mass is 522 g/mol. The summed E-state index contributed by atoms with van der Waals surface area (Å²) in [6.45, 7) is 2.26. The van der Waals surface area contributed by atoms with E-state index in [0.717, 1.165) is 61.8 Å². The molecule has 0 aromatic heterocycles. The molecule has 0 heterocycles. The lowest BCUT2D eigenvalue weighted by molar-refractivity contribution is -0.137. The molecule has 2 saturated carbocycles. The van der Waals surface area contributed by atoms with Crippen molar-refractivity contribution in [2.24, 2.45) is 17.8 Å². The molecule has 4 rings (SSSR count). The minimum atomic E-state index is -4.46. The van der Waals surface area contributed by atoms with E-state index < -0.39 is 23.4 Å². The van der Waals surface area contributed by atoms with Gasteiger partial charge in [0.05, 0.1) is 5.56 Å². The zero-order valence-electron chi connectivity index (χ0n) is 21.8. The molecule has 0 saturated heterocycles. The Morgan fingerprint density at radius 1 is 0.730 bits per heavy atom. The van der Waals surface area contributed by atoms with E-state index in [-0.39, 0.29) is 23.0 Å². The highest BCUT2D eigenvalue weighted by atomic mass is 19.4. The Balaban J connectivity index is 1.29. The average molecular weight is 523 g/mol. The van der Waals surface area contributed by atoms with Crippen LogP contribution in [0.15, 0.2) is 36.4 Å². The van der Waals surface area contributed by atoms with Gasteiger partial charge in [0.1, 0.15) is 11.6 Å². The maximum atomic E-state index is 15.3. The first kappa shape index (κ1) is 27.9. The fraction of sp³-hybridized carbons (Fsp3) is 0.613. The van der Waals surface area contributed by atoms with Gasteiger partial charge in [0, 0.05) is 5.56 Å². The second-order valence-electron chi connectivity index (χ2n) is 11.2. The van der Waals surface area contributed by atoms with Gasteiger partial charge in [-0.2, -0.15) is 13.2 Å². The Hall–Kier alpha value is -2.11. The average Bonchev–Trinajstić information content (AvgIpc) is 2.89. The second-order valence-corrected chi connectivity index (χ2v) is 11.2. The summed E-state index contributed by atoms with van der Waals surface area (Å²) in [5.41, 5.74) is -0.759. The lowest BCUT2D eigenvalue weighted by Crippen LogP contribution is -2.18. The largest absolute Gasteiger partial charge is 0.454 e. The summed E-state index contributed by atoms with van der Waals surface area (Å²) in [6, 6.07) is 6.46. The first-order valence-electron chi connectivity index (χ1n) is 14.1. The molecule has 0 bridgehead atoms. The van der Waals surface area contributed by atoms with Gasteiger partial charge in [0.25, 0.3) is 0 Å². The van der Waals surface area contributed by atoms with Crippen molar-refractivity contribution in [3.63, 3.8) is 0 Å². The van der Waals surface area contributed by atoms with Crippen LogP contribution in [0.1, 0.15) is 107 Å². The van der Waals surface area contributed by atoms with Crippen LogP contribution < -0.4 is 4.74 Å². The quantitative estimate of drug-likeness (QED) is 0.298. The third kappa shape index (κ3) is 7.48. The number of hydrogen-bond acceptors (Lipinski definition) is 1. The summed E-state index contributed by atoms with van der Waals surface area (Å²) in [5.74, 6) is 0.761. The fourth-order valence-corrected chi connectivity index (χ4v) is 6.35. The van der Waals surface area contributed by atoms with Crippen molar-refractivity contribution in [1.29, 1.82) is 0 Å². The lowest BCUT2D eigenvalue weighted by Gasteiger charge is -2.32. The topological polar surface area (TPSA) is 9.23 Å². The standard InChI is InChI=1S/C31H39F5O/c1-2-3-4-21-5-7-22(8-6-21)9-10-23-11-13-24(14-12-23)29-27(32)19-20-28(30(29)33)37-26-17-15-25(16-18-26)31(34,35)36/h15-24H,2-14H2,1H3. The van der Waals surface area contributed by atoms with Gasteiger partial charge < -0.3 is 4.74 Å². The zero-order chi connectivity index (χ0) is 26.4. The summed E-state index contributed by atoms with van der Waals surface area (Å²) in [4.78, 5) is 0. The van der Waals surface area contributed by atoms with Crippen molar-refractivity contribution in [2.75, 3.05) is 0 Å². The number of rotatable bonds is 9. The number of alkyl halides is 3. The third-order valence-electron chi connectivity index (χ3n) is 8.67. The molecule has 2 aliphatic carbocycles. The molecule has 0 radical (unpaired) electrons. The van der Waals surface area contributed by atoms with Crippen molar-refractivity contribution in [3.8, 4) is 11.5 Å². The number of hydrogen-bond donors (Lipinski definition) is 0. The third-order valence-corrected chi connectivity index (χ3v) is 8.67. The van der Waals surface area contributed by atoms with Crippen molar-refractivity contribution < 1.29 is 26.7 Å². The van der Waals surface area contributed by atoms with E-state index >= 15 is 4.39 Å². The Kier molecular flexibility index (Phi) is 9.52. The van der Waals surface area contributed by atoms with Crippen molar-refractivity contribution in [2.45, 2.75) is 102 Å². The molecule has 0 spiro atoms. The maximum absolute atomic E-state index is 15.3. The van der Waals surface area contributed by atoms with Crippen molar-refractivity contribution in [3.05, 3.63) is 59.2 Å². The SMILES string of the molecule is CCCCC1CCC(CCC2CCC(c3c(F)ccc(Oc4ccc(C(F)(F)F)cc4)c3F)CC2)CC1. The van der Waals surface area contributed by atoms with Crippen molar-refractivity contribution in [1.82, 2.24) is 0 Å². The predicted molar refractivity (Wildman–Crippen MR) is 137 cm³/mol. The minimum Gasteiger partial charge on any atom is -0.454 e. The number of ether oxygens (including phenoxy) is 1. The van der Waals surface area contributed by atoms with Gasteiger partial charge in [-0.05, 0) is 85.8 Å². The molecule has 0 N–H and O–H groups in total. The predicted octanol–water partition coefficient (Wildman–Crippen LogP) is 10.8. The first-order chi connectivity index (χ1) is 17.7. The molecule has 6 heteroatoms. The number of benzene rings is 2. The molecular weight excluding hydrogens is 483 g/mol. The fourth-order valence-electron chi connectivity index (χ4n) is 6.35. The summed E-state index contributed by atoms with van der Waals surface area (Å²) in [7, 11) is 0. The van der Waals surface area contributed by atoms with Gasteiger partial charge in [-0.1, -0.05) is 64.7 Å². The van der Waals surface area contributed by atoms with Crippen LogP contribution in [0, 0.1) is 29.4 Å². The van der Waals surface area contributed by atoms with Gasteiger partial charge in [0.15, 0.2) is 11.6 Å². The molecule has 0 amide bonds. The highest BCUT2D eigenvalue weighted by molar-refractivity contribution is 5.39. The van der Waals surface area contributed by atoms with E-state index in [0.29, 0.717) is 5.92 Å². The van der Waals surface area contributed by atoms with Gasteiger partial charge in [-0.3, -0.25) is 0 Å². The van der Waals surface area contributed by atoms with Gasteiger partial charge >= 0.3 is 6.18 Å². The van der Waals surface area contributed by atoms with Crippen LogP contribution in [0.3, 0.4) is 0 Å². The van der Waals surface area contributed by atoms with Crippen LogP contribution in [0.4, 0.5) is 22.0 Å². The number of halogens is 5. The van der Waals surface area contributed by atoms with Crippen LogP contribution in [0.5, 0.6) is 11.5 Å². The molecule has 0 aliphatic heterocycles. The Morgan fingerprint density at radius 3 is 1.81 bits per heavy atom. The van der Waals surface area contributed by atoms with Crippen LogP contribution in [-0.2, 0) is 6.18 Å². The molecule has 204 valence electrons. The van der Waals surface area contributed by atoms with E-state index in [1.165, 1.54) is 69.9 Å². The van der Waals surface area contributed by atoms with Gasteiger partial charge in [-0.15, -0.1) is 0 Å². The highest BCUT2D eigenvalue weighted by Gasteiger charge is 2.31. The van der Waals surface area contributed by atoms with Gasteiger partial charge in [-0.25, -0.2) is 8.78 Å². The molecule has 2 aromatic rings. The number of unbranched alkanes of at least 4 members (excludes halogenated alkanes) is 1. The van der Waals surface area contributed by atoms with Crippen LogP contribution in [0.2, 0.25) is 0 Å². The maximum Gasteiger partial charge on any atom is 0.416 e. The van der Waals surface area contributed by atoms with Crippen LogP contribution in [-0.4, -0.2) is 0 Å². The van der Waals surface area contributed by atoms with Crippen LogP contribution in [0.25, 0.3) is 0 Å². The lowest BCUT2D eigenvalue weighted by atomic mass is 9.73. The minimum absolute atomic E-state index is 0.0493. The molecule has 37 heavy (non-hydrogen) atoms. The summed E-state index contributed by atoms with van der Waals surface area (Å²) < 4.78 is 73.9. The highest BCUT2D eigenvalue weighted by Crippen LogP contribution is 2.43. The molecule has 2 aliphatic rings. The smallest absolute Gasteiger partial charge is 0.416 e. The van der Waals surface area contributed by atoms with Crippen molar-refractivity contribution >= 4 is 0 Å². The van der Waals surface area contributed by atoms with E-state index in [1.54, 1.807) is 0 Å². The normalized spacial score (nSPS) is 24.7. The molecule has 2 fully saturated rings. The van der Waals surface area contributed by atoms with Gasteiger partial charge in [0.2, 0.25) is 0 Å². The molecular formula is C31H39F5O. The summed E-state index contributed by atoms with van der Waals surface area (Å²) >= 11 is 0. The summed E-state index contributed by atoms with van der Waals surface area (Å²) in [6.07, 6.45) is 10.9. The van der Waals surface area contributed by atoms with E-state index in [2.05, 4.69) is 6.92 Å². The molecule has 0 unspecified atom stereocenters. The molecule has 2 aromatic carbocycles. The Morgan fingerprint density at radius 2 is 1.27 bits per heavy atom. The van der Waals surface area contributed by atoms with E-state index in [9.17, 15) is 17.6 Å². The molecule has 0 atom stereocenters. The van der Waals surface area contributed by atoms with E-state index in [1.807, 2.05) is 0 Å².